The van der Waals surface area contributed by atoms with Crippen molar-refractivity contribution in [2.24, 2.45) is 4.99 Å². The second-order valence-electron chi connectivity index (χ2n) is 8.61. The van der Waals surface area contributed by atoms with Crippen LogP contribution in [0, 0.1) is 0 Å². The fourth-order valence-electron chi connectivity index (χ4n) is 3.87. The van der Waals surface area contributed by atoms with Gasteiger partial charge in [0.25, 0.3) is 5.72 Å². The van der Waals surface area contributed by atoms with Gasteiger partial charge in [0, 0.05) is 0 Å². The van der Waals surface area contributed by atoms with Gasteiger partial charge in [0.1, 0.15) is 19.8 Å². The molecule has 4 aromatic rings. The molecule has 8 heteroatoms. The largest absolute Gasteiger partial charge is 0.485 e. The number of hydrogen-bond acceptors (Lipinski definition) is 7. The zero-order valence-electron chi connectivity index (χ0n) is 21.0. The van der Waals surface area contributed by atoms with Gasteiger partial charge in [-0.3, -0.25) is 0 Å². The van der Waals surface area contributed by atoms with E-state index in [1.165, 1.54) is 6.08 Å². The quantitative estimate of drug-likeness (QED) is 0.184. The molecule has 2 N–H and O–H groups in total. The molecule has 0 radical (unpaired) electrons. The molecule has 39 heavy (non-hydrogen) atoms. The summed E-state index contributed by atoms with van der Waals surface area (Å²) in [5.41, 5.74) is 1.70. The van der Waals surface area contributed by atoms with E-state index in [9.17, 15) is 19.8 Å². The predicted octanol–water partition coefficient (Wildman–Crippen LogP) is 5.14. The molecule has 0 aromatic heterocycles. The molecular formula is C31H27NO7. The van der Waals surface area contributed by atoms with Crippen molar-refractivity contribution >= 4 is 12.0 Å². The minimum atomic E-state index is -2.44. The zero-order chi connectivity index (χ0) is 27.5. The number of ether oxygens (including phenoxy) is 3. The van der Waals surface area contributed by atoms with Crippen LogP contribution in [0.5, 0.6) is 11.5 Å². The molecule has 0 fully saturated rings. The van der Waals surface area contributed by atoms with Crippen LogP contribution >= 0.6 is 0 Å². The number of aliphatic carboxylic acids is 1. The van der Waals surface area contributed by atoms with Crippen LogP contribution < -0.4 is 9.47 Å². The summed E-state index contributed by atoms with van der Waals surface area (Å²) in [6, 6.07) is 32.3. The zero-order valence-corrected chi connectivity index (χ0v) is 21.0. The van der Waals surface area contributed by atoms with Crippen molar-refractivity contribution in [1.29, 1.82) is 0 Å². The van der Waals surface area contributed by atoms with Gasteiger partial charge < -0.3 is 24.4 Å². The highest BCUT2D eigenvalue weighted by molar-refractivity contribution is 5.78. The van der Waals surface area contributed by atoms with Gasteiger partial charge in [-0.05, 0) is 39.9 Å². The van der Waals surface area contributed by atoms with E-state index in [4.69, 9.17) is 14.2 Å². The number of carboxylic acid groups (broad SMARTS) is 1. The van der Waals surface area contributed by atoms with Crippen LogP contribution in [-0.4, -0.2) is 34.6 Å². The van der Waals surface area contributed by atoms with Crippen LogP contribution in [0.4, 0.5) is 0 Å². The van der Waals surface area contributed by atoms with Gasteiger partial charge in [0.15, 0.2) is 11.5 Å². The summed E-state index contributed by atoms with van der Waals surface area (Å²) in [5.74, 6) is -0.496. The Balaban J connectivity index is 1.63. The Bertz CT molecular complexity index is 1430. The molecule has 8 nitrogen and oxygen atoms in total. The third-order valence-corrected chi connectivity index (χ3v) is 5.99. The van der Waals surface area contributed by atoms with Crippen molar-refractivity contribution in [3.05, 3.63) is 120 Å². The van der Waals surface area contributed by atoms with Gasteiger partial charge in [-0.1, -0.05) is 91.0 Å². The molecule has 0 saturated heterocycles. The standard InChI is InChI=1S/C31H27NO7/c33-21-31(30(35)36,32-22-34)39-20-26-13-7-8-14-27(26)25-15-16-28(37-18-23-9-3-1-4-10-23)29(17-25)38-19-24-11-5-2-6-12-24/h1-17,33H,18-21H2,(H,35,36)/t31-/m1/s1. The molecule has 4 aromatic carbocycles. The molecule has 0 bridgehead atoms. The molecule has 0 aliphatic carbocycles. The second-order valence-corrected chi connectivity index (χ2v) is 8.61. The van der Waals surface area contributed by atoms with Crippen LogP contribution in [0.2, 0.25) is 0 Å². The highest BCUT2D eigenvalue weighted by Gasteiger charge is 2.40. The van der Waals surface area contributed by atoms with E-state index in [2.05, 4.69) is 4.99 Å². The van der Waals surface area contributed by atoms with Gasteiger partial charge in [-0.25, -0.2) is 9.59 Å². The SMILES string of the molecule is O=C=N[C@](CO)(OCc1ccccc1-c1ccc(OCc2ccccc2)c(OCc2ccccc2)c1)C(=O)O. The average Bonchev–Trinajstić information content (AvgIpc) is 2.98. The molecule has 0 aliphatic rings. The summed E-state index contributed by atoms with van der Waals surface area (Å²) in [6.45, 7) is -0.564. The number of rotatable bonds is 13. The van der Waals surface area contributed by atoms with E-state index in [1.54, 1.807) is 12.1 Å². The Kier molecular flexibility index (Phi) is 9.21. The monoisotopic (exact) mass is 525 g/mol. The topological polar surface area (TPSA) is 115 Å². The molecule has 1 atom stereocenters. The smallest absolute Gasteiger partial charge is 0.362 e. The predicted molar refractivity (Wildman–Crippen MR) is 144 cm³/mol. The Morgan fingerprint density at radius 3 is 1.95 bits per heavy atom. The van der Waals surface area contributed by atoms with Gasteiger partial charge in [-0.15, -0.1) is 0 Å². The van der Waals surface area contributed by atoms with Gasteiger partial charge in [-0.2, -0.15) is 4.99 Å². The van der Waals surface area contributed by atoms with Crippen molar-refractivity contribution in [3.63, 3.8) is 0 Å². The number of aliphatic hydroxyl groups is 1. The highest BCUT2D eigenvalue weighted by atomic mass is 16.6. The third kappa shape index (κ3) is 6.97. The van der Waals surface area contributed by atoms with Crippen LogP contribution in [-0.2, 0) is 34.1 Å². The maximum absolute atomic E-state index is 11.7. The minimum Gasteiger partial charge on any atom is -0.485 e. The van der Waals surface area contributed by atoms with E-state index < -0.39 is 18.3 Å². The van der Waals surface area contributed by atoms with Crippen molar-refractivity contribution in [2.75, 3.05) is 6.61 Å². The molecule has 0 unspecified atom stereocenters. The average molecular weight is 526 g/mol. The van der Waals surface area contributed by atoms with Crippen molar-refractivity contribution in [1.82, 2.24) is 0 Å². The number of isocyanates is 1. The van der Waals surface area contributed by atoms with Crippen LogP contribution in [0.3, 0.4) is 0 Å². The van der Waals surface area contributed by atoms with E-state index in [0.717, 1.165) is 22.3 Å². The van der Waals surface area contributed by atoms with Crippen LogP contribution in [0.15, 0.2) is 108 Å². The van der Waals surface area contributed by atoms with Gasteiger partial charge >= 0.3 is 5.97 Å². The molecule has 0 saturated carbocycles. The Labute approximate surface area is 225 Å². The number of carbonyl (C=O) groups excluding carboxylic acids is 1. The van der Waals surface area contributed by atoms with E-state index in [1.807, 2.05) is 91.0 Å². The Hall–Kier alpha value is -4.75. The summed E-state index contributed by atoms with van der Waals surface area (Å²) >= 11 is 0. The van der Waals surface area contributed by atoms with Crippen molar-refractivity contribution in [2.45, 2.75) is 25.5 Å². The number of aliphatic hydroxyl groups excluding tert-OH is 1. The molecule has 0 aliphatic heterocycles. The van der Waals surface area contributed by atoms with E-state index in [0.29, 0.717) is 30.3 Å². The van der Waals surface area contributed by atoms with Crippen LogP contribution in [0.1, 0.15) is 16.7 Å². The lowest BCUT2D eigenvalue weighted by molar-refractivity contribution is -0.172. The highest BCUT2D eigenvalue weighted by Crippen LogP contribution is 2.35. The fourth-order valence-corrected chi connectivity index (χ4v) is 3.87. The van der Waals surface area contributed by atoms with Gasteiger partial charge in [0.05, 0.1) is 6.61 Å². The second kappa shape index (κ2) is 13.2. The number of nitrogens with zero attached hydrogens (tertiary/aromatic N) is 1. The number of hydrogen-bond donors (Lipinski definition) is 2. The third-order valence-electron chi connectivity index (χ3n) is 5.99. The fraction of sp³-hybridized carbons (Fsp3) is 0.161. The number of benzene rings is 4. The summed E-state index contributed by atoms with van der Waals surface area (Å²) in [7, 11) is 0. The summed E-state index contributed by atoms with van der Waals surface area (Å²) in [6.07, 6.45) is 1.17. The van der Waals surface area contributed by atoms with Crippen molar-refractivity contribution in [3.8, 4) is 22.6 Å². The van der Waals surface area contributed by atoms with Crippen molar-refractivity contribution < 1.29 is 34.0 Å². The molecule has 0 heterocycles. The first kappa shape index (κ1) is 27.3. The van der Waals surface area contributed by atoms with E-state index in [-0.39, 0.29) is 6.61 Å². The first-order chi connectivity index (χ1) is 19.0. The number of aliphatic imine (C=N–C) groups is 1. The lowest BCUT2D eigenvalue weighted by atomic mass is 9.99. The molecule has 0 spiro atoms. The molecular weight excluding hydrogens is 498 g/mol. The number of carbonyl (C=O) groups is 1. The molecule has 4 rings (SSSR count). The first-order valence-electron chi connectivity index (χ1n) is 12.2. The minimum absolute atomic E-state index is 0.235. The van der Waals surface area contributed by atoms with E-state index >= 15 is 0 Å². The summed E-state index contributed by atoms with van der Waals surface area (Å²) in [4.78, 5) is 25.7. The maximum atomic E-state index is 11.7. The Morgan fingerprint density at radius 2 is 1.36 bits per heavy atom. The normalized spacial score (nSPS) is 12.1. The number of carboxylic acids is 1. The summed E-state index contributed by atoms with van der Waals surface area (Å²) < 4.78 is 17.7. The Morgan fingerprint density at radius 1 is 0.769 bits per heavy atom. The first-order valence-corrected chi connectivity index (χ1v) is 12.2. The molecule has 198 valence electrons. The maximum Gasteiger partial charge on any atom is 0.362 e. The lowest BCUT2D eigenvalue weighted by Crippen LogP contribution is -2.43. The lowest BCUT2D eigenvalue weighted by Gasteiger charge is -2.22. The summed E-state index contributed by atoms with van der Waals surface area (Å²) in [5, 5.41) is 19.1. The van der Waals surface area contributed by atoms with Crippen LogP contribution in [0.25, 0.3) is 11.1 Å². The molecule has 0 amide bonds. The van der Waals surface area contributed by atoms with Gasteiger partial charge in [0.2, 0.25) is 6.08 Å².